The molecule has 2 aromatic carbocycles. The summed E-state index contributed by atoms with van der Waals surface area (Å²) in [6, 6.07) is 11.9. The Morgan fingerprint density at radius 2 is 1.84 bits per heavy atom. The van der Waals surface area contributed by atoms with Gasteiger partial charge in [-0.25, -0.2) is 4.79 Å². The molecular weight excluding hydrogens is 346 g/mol. The maximum atomic E-state index is 12.3. The number of benzene rings is 2. The van der Waals surface area contributed by atoms with Crippen LogP contribution >= 0.6 is 11.6 Å². The lowest BCUT2D eigenvalue weighted by Crippen LogP contribution is -2.12. The number of fused-ring (bicyclic) bond motifs is 1. The van der Waals surface area contributed by atoms with E-state index < -0.39 is 16.3 Å². The van der Waals surface area contributed by atoms with Crippen molar-refractivity contribution in [3.63, 3.8) is 0 Å². The van der Waals surface area contributed by atoms with Crippen molar-refractivity contribution in [2.75, 3.05) is 0 Å². The molecule has 124 valence electrons. The highest BCUT2D eigenvalue weighted by atomic mass is 35.5. The number of halogens is 1. The minimum Gasteiger partial charge on any atom is -0.422 e. The van der Waals surface area contributed by atoms with Crippen molar-refractivity contribution in [2.24, 2.45) is 0 Å². The third-order valence-electron chi connectivity index (χ3n) is 3.49. The van der Waals surface area contributed by atoms with Crippen LogP contribution in [-0.4, -0.2) is 10.7 Å². The summed E-state index contributed by atoms with van der Waals surface area (Å²) < 4.78 is 5.07. The smallest absolute Gasteiger partial charge is 0.347 e. The van der Waals surface area contributed by atoms with Crippen molar-refractivity contribution < 1.29 is 14.1 Å². The van der Waals surface area contributed by atoms with E-state index in [0.717, 1.165) is 5.56 Å². The van der Waals surface area contributed by atoms with Crippen LogP contribution in [0.15, 0.2) is 63.8 Å². The molecule has 0 saturated carbocycles. The van der Waals surface area contributed by atoms with Gasteiger partial charge in [0.25, 0.3) is 5.69 Å². The predicted octanol–water partition coefficient (Wildman–Crippen LogP) is 4.25. The van der Waals surface area contributed by atoms with Gasteiger partial charge in [-0.3, -0.25) is 14.9 Å². The molecule has 3 aromatic rings. The van der Waals surface area contributed by atoms with Crippen LogP contribution in [0, 0.1) is 10.1 Å². The Morgan fingerprint density at radius 3 is 2.52 bits per heavy atom. The number of ketones is 1. The average Bonchev–Trinajstić information content (AvgIpc) is 2.60. The zero-order valence-electron chi connectivity index (χ0n) is 12.6. The zero-order valence-corrected chi connectivity index (χ0v) is 13.4. The Kier molecular flexibility index (Phi) is 4.45. The summed E-state index contributed by atoms with van der Waals surface area (Å²) in [5.74, 6) is -0.558. The number of hydrogen-bond acceptors (Lipinski definition) is 5. The summed E-state index contributed by atoms with van der Waals surface area (Å²) in [6.45, 7) is 0. The van der Waals surface area contributed by atoms with Crippen LogP contribution < -0.4 is 5.63 Å². The third-order valence-corrected chi connectivity index (χ3v) is 3.74. The lowest BCUT2D eigenvalue weighted by Gasteiger charge is -2.00. The zero-order chi connectivity index (χ0) is 18.0. The molecule has 0 atom stereocenters. The van der Waals surface area contributed by atoms with Gasteiger partial charge in [0, 0.05) is 22.5 Å². The number of nitro groups is 1. The van der Waals surface area contributed by atoms with E-state index in [9.17, 15) is 19.7 Å². The number of nitro benzene ring substituents is 1. The van der Waals surface area contributed by atoms with E-state index in [-0.39, 0.29) is 16.8 Å². The van der Waals surface area contributed by atoms with Crippen molar-refractivity contribution in [2.45, 2.75) is 0 Å². The molecule has 6 nitrogen and oxygen atoms in total. The van der Waals surface area contributed by atoms with Gasteiger partial charge in [-0.15, -0.1) is 0 Å². The second kappa shape index (κ2) is 6.70. The number of non-ortho nitro benzene ring substituents is 1. The number of carbonyl (C=O) groups is 1. The van der Waals surface area contributed by atoms with Crippen LogP contribution in [0.4, 0.5) is 5.69 Å². The summed E-state index contributed by atoms with van der Waals surface area (Å²) in [6.07, 6.45) is 2.77. The van der Waals surface area contributed by atoms with Gasteiger partial charge in [-0.1, -0.05) is 29.8 Å². The van der Waals surface area contributed by atoms with E-state index in [1.165, 1.54) is 36.4 Å². The molecule has 25 heavy (non-hydrogen) atoms. The molecule has 1 aromatic heterocycles. The maximum absolute atomic E-state index is 12.3. The van der Waals surface area contributed by atoms with Crippen molar-refractivity contribution in [1.82, 2.24) is 0 Å². The highest BCUT2D eigenvalue weighted by molar-refractivity contribution is 6.30. The first-order chi connectivity index (χ1) is 11.9. The van der Waals surface area contributed by atoms with Crippen molar-refractivity contribution >= 4 is 40.1 Å². The molecule has 0 saturated heterocycles. The molecule has 3 rings (SSSR count). The van der Waals surface area contributed by atoms with Gasteiger partial charge >= 0.3 is 5.63 Å². The molecule has 0 aliphatic heterocycles. The number of rotatable bonds is 4. The molecule has 0 radical (unpaired) electrons. The molecule has 0 aliphatic carbocycles. The number of allylic oxidation sites excluding steroid dienone is 1. The van der Waals surface area contributed by atoms with Crippen LogP contribution in [0.2, 0.25) is 5.02 Å². The van der Waals surface area contributed by atoms with Gasteiger partial charge in [-0.2, -0.15) is 0 Å². The molecule has 0 amide bonds. The molecule has 0 N–H and O–H groups in total. The maximum Gasteiger partial charge on any atom is 0.347 e. The van der Waals surface area contributed by atoms with Crippen LogP contribution in [0.1, 0.15) is 15.9 Å². The highest BCUT2D eigenvalue weighted by Gasteiger charge is 2.14. The van der Waals surface area contributed by atoms with Crippen LogP contribution in [-0.2, 0) is 0 Å². The van der Waals surface area contributed by atoms with E-state index >= 15 is 0 Å². The second-order valence-corrected chi connectivity index (χ2v) is 5.61. The Morgan fingerprint density at radius 1 is 1.12 bits per heavy atom. The molecule has 0 aliphatic rings. The highest BCUT2D eigenvalue weighted by Crippen LogP contribution is 2.20. The lowest BCUT2D eigenvalue weighted by molar-refractivity contribution is -0.384. The molecule has 7 heteroatoms. The standard InChI is InChI=1S/C18H10ClNO5/c19-13-4-1-11(2-5-13)3-7-16(21)15-10-12-9-14(20(23)24)6-8-17(12)25-18(15)22/h1-10H/b7-3+. The fourth-order valence-corrected chi connectivity index (χ4v) is 2.36. The lowest BCUT2D eigenvalue weighted by atomic mass is 10.1. The fourth-order valence-electron chi connectivity index (χ4n) is 2.23. The summed E-state index contributed by atoms with van der Waals surface area (Å²) in [5, 5.41) is 11.7. The molecule has 0 fully saturated rings. The van der Waals surface area contributed by atoms with E-state index in [1.54, 1.807) is 24.3 Å². The van der Waals surface area contributed by atoms with Gasteiger partial charge in [0.1, 0.15) is 11.1 Å². The average molecular weight is 356 g/mol. The summed E-state index contributed by atoms with van der Waals surface area (Å²) in [5.41, 5.74) is -0.242. The third kappa shape index (κ3) is 3.64. The van der Waals surface area contributed by atoms with Gasteiger partial charge < -0.3 is 4.42 Å². The quantitative estimate of drug-likeness (QED) is 0.229. The van der Waals surface area contributed by atoms with Crippen molar-refractivity contribution in [1.29, 1.82) is 0 Å². The van der Waals surface area contributed by atoms with E-state index in [2.05, 4.69) is 0 Å². The summed E-state index contributed by atoms with van der Waals surface area (Å²) in [7, 11) is 0. The Bertz CT molecular complexity index is 1070. The summed E-state index contributed by atoms with van der Waals surface area (Å²) >= 11 is 5.79. The van der Waals surface area contributed by atoms with Crippen LogP contribution in [0.25, 0.3) is 17.0 Å². The number of carbonyl (C=O) groups excluding carboxylic acids is 1. The van der Waals surface area contributed by atoms with Gasteiger partial charge in [0.2, 0.25) is 0 Å². The second-order valence-electron chi connectivity index (χ2n) is 5.18. The normalized spacial score (nSPS) is 11.1. The topological polar surface area (TPSA) is 90.4 Å². The molecule has 0 unspecified atom stereocenters. The van der Waals surface area contributed by atoms with E-state index in [0.29, 0.717) is 10.4 Å². The largest absolute Gasteiger partial charge is 0.422 e. The summed E-state index contributed by atoms with van der Waals surface area (Å²) in [4.78, 5) is 34.5. The molecule has 0 spiro atoms. The Hall–Kier alpha value is -3.25. The first kappa shape index (κ1) is 16.6. The van der Waals surface area contributed by atoms with E-state index in [1.807, 2.05) is 0 Å². The first-order valence-corrected chi connectivity index (χ1v) is 7.52. The van der Waals surface area contributed by atoms with Crippen molar-refractivity contribution in [3.8, 4) is 0 Å². The molecule has 0 bridgehead atoms. The number of nitrogens with zero attached hydrogens (tertiary/aromatic N) is 1. The Balaban J connectivity index is 1.97. The monoisotopic (exact) mass is 355 g/mol. The SMILES string of the molecule is O=C(/C=C/c1ccc(Cl)cc1)c1cc2cc([N+](=O)[O-])ccc2oc1=O. The fraction of sp³-hybridized carbons (Fsp3) is 0. The minimum absolute atomic E-state index is 0.156. The van der Waals surface area contributed by atoms with Crippen molar-refractivity contribution in [3.05, 3.63) is 91.3 Å². The number of hydrogen-bond donors (Lipinski definition) is 0. The first-order valence-electron chi connectivity index (χ1n) is 7.14. The van der Waals surface area contributed by atoms with Gasteiger partial charge in [-0.05, 0) is 35.9 Å². The van der Waals surface area contributed by atoms with Crippen LogP contribution in [0.3, 0.4) is 0 Å². The van der Waals surface area contributed by atoms with Gasteiger partial charge in [0.15, 0.2) is 5.78 Å². The van der Waals surface area contributed by atoms with E-state index in [4.69, 9.17) is 16.0 Å². The van der Waals surface area contributed by atoms with Gasteiger partial charge in [0.05, 0.1) is 4.92 Å². The minimum atomic E-state index is -0.799. The Labute approximate surface area is 146 Å². The molecular formula is C18H10ClNO5. The predicted molar refractivity (Wildman–Crippen MR) is 94.0 cm³/mol. The van der Waals surface area contributed by atoms with Crippen LogP contribution in [0.5, 0.6) is 0 Å². The molecule has 1 heterocycles.